The standard InChI is InChI=1S/C16H21N3O3S/c1-18-8-9-19(2)16(18)23-12-13(20)5-3-7-15(21)17-11-14-6-4-10-22-14/h4,6,8-10H,3,5,7,11-12H2,1-2H3/p+1. The number of aryl methyl sites for hydroxylation is 2. The van der Waals surface area contributed by atoms with Gasteiger partial charge in [0, 0.05) is 12.8 Å². The molecule has 0 aliphatic heterocycles. The Kier molecular flexibility index (Phi) is 6.46. The number of hydrogen-bond donors (Lipinski definition) is 1. The third-order valence-corrected chi connectivity index (χ3v) is 4.68. The Labute approximate surface area is 139 Å². The largest absolute Gasteiger partial charge is 0.467 e. The van der Waals surface area contributed by atoms with E-state index in [2.05, 4.69) is 5.32 Å². The summed E-state index contributed by atoms with van der Waals surface area (Å²) in [5.41, 5.74) is 0. The maximum atomic E-state index is 11.9. The van der Waals surface area contributed by atoms with Crippen LogP contribution in [-0.2, 0) is 30.2 Å². The highest BCUT2D eigenvalue weighted by Crippen LogP contribution is 2.14. The van der Waals surface area contributed by atoms with Crippen molar-refractivity contribution >= 4 is 23.5 Å². The maximum Gasteiger partial charge on any atom is 0.317 e. The van der Waals surface area contributed by atoms with Crippen molar-refractivity contribution in [1.29, 1.82) is 0 Å². The first kappa shape index (κ1) is 17.3. The van der Waals surface area contributed by atoms with Gasteiger partial charge >= 0.3 is 5.16 Å². The Morgan fingerprint density at radius 3 is 2.87 bits per heavy atom. The number of nitrogens with zero attached hydrogens (tertiary/aromatic N) is 2. The molecule has 2 heterocycles. The molecule has 0 saturated heterocycles. The van der Waals surface area contributed by atoms with Crippen LogP contribution in [0.2, 0.25) is 0 Å². The lowest BCUT2D eigenvalue weighted by Crippen LogP contribution is -2.29. The predicted octanol–water partition coefficient (Wildman–Crippen LogP) is 1.59. The van der Waals surface area contributed by atoms with Crippen molar-refractivity contribution in [2.75, 3.05) is 5.75 Å². The number of amides is 1. The highest BCUT2D eigenvalue weighted by molar-refractivity contribution is 7.99. The monoisotopic (exact) mass is 336 g/mol. The molecule has 0 atom stereocenters. The molecule has 0 bridgehead atoms. The molecule has 2 rings (SSSR count). The number of Topliss-reactive ketones (excluding diaryl/α,β-unsaturated/α-hetero) is 1. The van der Waals surface area contributed by atoms with E-state index in [-0.39, 0.29) is 11.7 Å². The minimum atomic E-state index is -0.0595. The number of rotatable bonds is 9. The molecule has 7 heteroatoms. The van der Waals surface area contributed by atoms with Gasteiger partial charge in [-0.3, -0.25) is 9.59 Å². The molecule has 23 heavy (non-hydrogen) atoms. The Balaban J connectivity index is 1.60. The summed E-state index contributed by atoms with van der Waals surface area (Å²) in [7, 11) is 3.91. The van der Waals surface area contributed by atoms with Crippen molar-refractivity contribution < 1.29 is 18.6 Å². The van der Waals surface area contributed by atoms with E-state index in [4.69, 9.17) is 4.42 Å². The van der Waals surface area contributed by atoms with Crippen LogP contribution in [-0.4, -0.2) is 22.0 Å². The minimum Gasteiger partial charge on any atom is -0.467 e. The normalized spacial score (nSPS) is 10.7. The van der Waals surface area contributed by atoms with E-state index in [1.807, 2.05) is 41.7 Å². The summed E-state index contributed by atoms with van der Waals surface area (Å²) < 4.78 is 9.11. The second-order valence-electron chi connectivity index (χ2n) is 5.34. The number of imidazole rings is 1. The Hall–Kier alpha value is -2.02. The van der Waals surface area contributed by atoms with Crippen LogP contribution in [0.15, 0.2) is 40.4 Å². The zero-order valence-corrected chi connectivity index (χ0v) is 14.3. The third-order valence-electron chi connectivity index (χ3n) is 3.38. The number of carbonyl (C=O) groups is 2. The fraction of sp³-hybridized carbons (Fsp3) is 0.438. The van der Waals surface area contributed by atoms with E-state index in [9.17, 15) is 9.59 Å². The summed E-state index contributed by atoms with van der Waals surface area (Å²) in [6.07, 6.45) is 6.84. The molecule has 0 radical (unpaired) electrons. The Bertz CT molecular complexity index is 630. The SMILES string of the molecule is Cn1cc[n+](C)c1SCC(=O)CCCC(=O)NCc1ccco1. The summed E-state index contributed by atoms with van der Waals surface area (Å²) in [6.45, 7) is 0.389. The van der Waals surface area contributed by atoms with Crippen molar-refractivity contribution in [2.45, 2.75) is 31.0 Å². The maximum absolute atomic E-state index is 11.9. The lowest BCUT2D eigenvalue weighted by molar-refractivity contribution is -0.709. The van der Waals surface area contributed by atoms with Crippen LogP contribution in [0, 0.1) is 0 Å². The Morgan fingerprint density at radius 1 is 1.39 bits per heavy atom. The van der Waals surface area contributed by atoms with Gasteiger partial charge in [-0.25, -0.2) is 9.13 Å². The molecular weight excluding hydrogens is 314 g/mol. The molecule has 0 fully saturated rings. The number of hydrogen-bond acceptors (Lipinski definition) is 4. The first-order valence-electron chi connectivity index (χ1n) is 7.51. The highest BCUT2D eigenvalue weighted by Gasteiger charge is 2.14. The topological polar surface area (TPSA) is 68.1 Å². The number of ketones is 1. The van der Waals surface area contributed by atoms with Gasteiger partial charge in [-0.15, -0.1) is 0 Å². The number of thioether (sulfide) groups is 1. The van der Waals surface area contributed by atoms with Crippen LogP contribution in [0.5, 0.6) is 0 Å². The fourth-order valence-electron chi connectivity index (χ4n) is 2.13. The van der Waals surface area contributed by atoms with E-state index in [0.717, 1.165) is 10.9 Å². The molecule has 6 nitrogen and oxygen atoms in total. The molecule has 0 spiro atoms. The summed E-state index contributed by atoms with van der Waals surface area (Å²) in [4.78, 5) is 23.6. The fourth-order valence-corrected chi connectivity index (χ4v) is 3.09. The molecule has 1 amide bonds. The summed E-state index contributed by atoms with van der Waals surface area (Å²) in [5, 5.41) is 3.81. The van der Waals surface area contributed by atoms with Crippen molar-refractivity contribution in [3.63, 3.8) is 0 Å². The molecule has 0 aromatic carbocycles. The quantitative estimate of drug-likeness (QED) is 0.558. The molecule has 1 N–H and O–H groups in total. The van der Waals surface area contributed by atoms with Crippen LogP contribution in [0.1, 0.15) is 25.0 Å². The smallest absolute Gasteiger partial charge is 0.317 e. The molecule has 0 unspecified atom stereocenters. The van der Waals surface area contributed by atoms with Gasteiger partial charge in [0.05, 0.1) is 32.7 Å². The predicted molar refractivity (Wildman–Crippen MR) is 86.7 cm³/mol. The van der Waals surface area contributed by atoms with E-state index < -0.39 is 0 Å². The second kappa shape index (κ2) is 8.57. The summed E-state index contributed by atoms with van der Waals surface area (Å²) >= 11 is 1.52. The van der Waals surface area contributed by atoms with Crippen LogP contribution in [0.4, 0.5) is 0 Å². The third kappa shape index (κ3) is 5.59. The van der Waals surface area contributed by atoms with Gasteiger partial charge in [0.1, 0.15) is 23.9 Å². The van der Waals surface area contributed by atoms with Gasteiger partial charge in [-0.1, -0.05) is 0 Å². The van der Waals surface area contributed by atoms with Gasteiger partial charge in [-0.05, 0) is 30.3 Å². The van der Waals surface area contributed by atoms with Crippen LogP contribution in [0.3, 0.4) is 0 Å². The molecule has 0 aliphatic carbocycles. The Morgan fingerprint density at radius 2 is 2.22 bits per heavy atom. The average Bonchev–Trinajstić information content (AvgIpc) is 3.14. The van der Waals surface area contributed by atoms with Gasteiger partial charge < -0.3 is 9.73 Å². The van der Waals surface area contributed by atoms with E-state index in [0.29, 0.717) is 31.6 Å². The number of nitrogens with one attached hydrogen (secondary N) is 1. The van der Waals surface area contributed by atoms with Crippen molar-refractivity contribution in [2.24, 2.45) is 14.1 Å². The second-order valence-corrected chi connectivity index (χ2v) is 6.28. The highest BCUT2D eigenvalue weighted by atomic mass is 32.2. The molecule has 2 aromatic heterocycles. The van der Waals surface area contributed by atoms with E-state index in [1.54, 1.807) is 12.3 Å². The van der Waals surface area contributed by atoms with E-state index in [1.165, 1.54) is 11.8 Å². The number of furan rings is 1. The average molecular weight is 336 g/mol. The van der Waals surface area contributed by atoms with Crippen molar-refractivity contribution in [3.8, 4) is 0 Å². The molecule has 124 valence electrons. The van der Waals surface area contributed by atoms with Gasteiger partial charge in [0.15, 0.2) is 0 Å². The molecule has 2 aromatic rings. The number of aromatic nitrogens is 2. The van der Waals surface area contributed by atoms with Crippen LogP contribution >= 0.6 is 11.8 Å². The van der Waals surface area contributed by atoms with Gasteiger partial charge in [-0.2, -0.15) is 0 Å². The van der Waals surface area contributed by atoms with Gasteiger partial charge in [0.25, 0.3) is 0 Å². The summed E-state index contributed by atoms with van der Waals surface area (Å²) in [5.74, 6) is 1.26. The lowest BCUT2D eigenvalue weighted by atomic mass is 10.2. The van der Waals surface area contributed by atoms with Crippen LogP contribution in [0.25, 0.3) is 0 Å². The van der Waals surface area contributed by atoms with Crippen LogP contribution < -0.4 is 9.88 Å². The molecule has 0 aliphatic rings. The number of carbonyl (C=O) groups excluding carboxylic acids is 2. The van der Waals surface area contributed by atoms with E-state index >= 15 is 0 Å². The zero-order valence-electron chi connectivity index (χ0n) is 13.4. The van der Waals surface area contributed by atoms with Crippen molar-refractivity contribution in [1.82, 2.24) is 9.88 Å². The summed E-state index contributed by atoms with van der Waals surface area (Å²) in [6, 6.07) is 3.59. The lowest BCUT2D eigenvalue weighted by Gasteiger charge is -2.03. The molecule has 0 saturated carbocycles. The van der Waals surface area contributed by atoms with Gasteiger partial charge in [0.2, 0.25) is 5.91 Å². The van der Waals surface area contributed by atoms with Crippen molar-refractivity contribution in [3.05, 3.63) is 36.5 Å². The first-order chi connectivity index (χ1) is 11.1. The zero-order chi connectivity index (χ0) is 16.7. The molecular formula is C16H22N3O3S+. The first-order valence-corrected chi connectivity index (χ1v) is 8.49. The minimum absolute atomic E-state index is 0.0595.